The van der Waals surface area contributed by atoms with Crippen molar-refractivity contribution in [3.05, 3.63) is 84.4 Å². The van der Waals surface area contributed by atoms with E-state index in [-0.39, 0.29) is 18.4 Å². The zero-order chi connectivity index (χ0) is 20.9. The number of ether oxygens (including phenoxy) is 2. The molecule has 3 aromatic rings. The largest absolute Gasteiger partial charge is 0.489 e. The molecule has 1 aliphatic heterocycles. The number of fused-ring (bicyclic) bond motifs is 1. The molecule has 0 radical (unpaired) electrons. The molecule has 30 heavy (non-hydrogen) atoms. The van der Waals surface area contributed by atoms with Crippen LogP contribution in [-0.4, -0.2) is 24.5 Å². The monoisotopic (exact) mass is 402 g/mol. The normalized spacial score (nSPS) is 15.2. The first kappa shape index (κ1) is 19.5. The van der Waals surface area contributed by atoms with Crippen molar-refractivity contribution in [3.8, 4) is 11.5 Å². The van der Waals surface area contributed by atoms with Crippen LogP contribution in [-0.2, 0) is 16.2 Å². The van der Waals surface area contributed by atoms with Crippen molar-refractivity contribution in [2.24, 2.45) is 0 Å². The van der Waals surface area contributed by atoms with Gasteiger partial charge in [-0.15, -0.1) is 0 Å². The fraction of sp³-hybridized carbons (Fsp3) is 0.167. The average molecular weight is 402 g/mol. The zero-order valence-corrected chi connectivity index (χ0v) is 16.6. The number of hydrogen-bond donors (Lipinski definition) is 1. The highest BCUT2D eigenvalue weighted by Crippen LogP contribution is 2.33. The second-order valence-electron chi connectivity index (χ2n) is 7.00. The molecular formula is C24H22N2O4. The Morgan fingerprint density at radius 2 is 1.70 bits per heavy atom. The van der Waals surface area contributed by atoms with Gasteiger partial charge in [0, 0.05) is 5.69 Å². The van der Waals surface area contributed by atoms with Crippen LogP contribution >= 0.6 is 0 Å². The van der Waals surface area contributed by atoms with Crippen molar-refractivity contribution in [3.63, 3.8) is 0 Å². The van der Waals surface area contributed by atoms with Crippen LogP contribution in [0.15, 0.2) is 78.9 Å². The number of benzene rings is 3. The molecule has 1 unspecified atom stereocenters. The standard InChI is InChI=1S/C24H22N2O4/c1-17-24(28)26(21-9-5-6-10-22(21)30-17)15-23(27)25-19-11-13-20(14-12-19)29-16-18-7-3-2-4-8-18/h2-14,17H,15-16H2,1H3,(H,25,27). The molecule has 0 spiro atoms. The van der Waals surface area contributed by atoms with Crippen molar-refractivity contribution in [2.45, 2.75) is 19.6 Å². The third-order valence-corrected chi connectivity index (χ3v) is 4.76. The molecule has 2 amide bonds. The van der Waals surface area contributed by atoms with Gasteiger partial charge in [0.05, 0.1) is 5.69 Å². The first-order valence-electron chi connectivity index (χ1n) is 9.74. The predicted octanol–water partition coefficient (Wildman–Crippen LogP) is 4.02. The van der Waals surface area contributed by atoms with E-state index in [1.165, 1.54) is 4.90 Å². The van der Waals surface area contributed by atoms with E-state index in [4.69, 9.17) is 9.47 Å². The molecule has 1 heterocycles. The summed E-state index contributed by atoms with van der Waals surface area (Å²) in [6, 6.07) is 24.3. The number of hydrogen-bond acceptors (Lipinski definition) is 4. The lowest BCUT2D eigenvalue weighted by Gasteiger charge is -2.32. The van der Waals surface area contributed by atoms with Crippen LogP contribution in [0.3, 0.4) is 0 Å². The van der Waals surface area contributed by atoms with Crippen molar-refractivity contribution in [1.82, 2.24) is 0 Å². The molecule has 0 aromatic heterocycles. The average Bonchev–Trinajstić information content (AvgIpc) is 2.77. The van der Waals surface area contributed by atoms with Crippen LogP contribution in [0.5, 0.6) is 11.5 Å². The molecule has 0 aliphatic carbocycles. The molecule has 1 atom stereocenters. The highest BCUT2D eigenvalue weighted by Gasteiger charge is 2.32. The van der Waals surface area contributed by atoms with Crippen LogP contribution in [0.25, 0.3) is 0 Å². The van der Waals surface area contributed by atoms with Gasteiger partial charge >= 0.3 is 0 Å². The lowest BCUT2D eigenvalue weighted by Crippen LogP contribution is -2.47. The van der Waals surface area contributed by atoms with Crippen LogP contribution in [0.2, 0.25) is 0 Å². The molecule has 0 saturated carbocycles. The molecule has 1 aliphatic rings. The molecule has 0 fully saturated rings. The van der Waals surface area contributed by atoms with Gasteiger partial charge in [-0.2, -0.15) is 0 Å². The van der Waals surface area contributed by atoms with E-state index >= 15 is 0 Å². The second kappa shape index (κ2) is 8.69. The van der Waals surface area contributed by atoms with Gasteiger partial charge in [-0.1, -0.05) is 42.5 Å². The Kier molecular flexibility index (Phi) is 5.66. The third kappa shape index (κ3) is 4.43. The topological polar surface area (TPSA) is 67.9 Å². The van der Waals surface area contributed by atoms with Crippen molar-refractivity contribution < 1.29 is 19.1 Å². The Bertz CT molecular complexity index is 1030. The van der Waals surface area contributed by atoms with E-state index < -0.39 is 6.10 Å². The van der Waals surface area contributed by atoms with E-state index in [1.807, 2.05) is 42.5 Å². The highest BCUT2D eigenvalue weighted by molar-refractivity contribution is 6.06. The van der Waals surface area contributed by atoms with Crippen LogP contribution in [0.4, 0.5) is 11.4 Å². The number of amides is 2. The SMILES string of the molecule is CC1Oc2ccccc2N(CC(=O)Nc2ccc(OCc3ccccc3)cc2)C1=O. The Labute approximate surface area is 175 Å². The van der Waals surface area contributed by atoms with Crippen LogP contribution < -0.4 is 19.7 Å². The minimum Gasteiger partial charge on any atom is -0.489 e. The summed E-state index contributed by atoms with van der Waals surface area (Å²) in [4.78, 5) is 26.5. The summed E-state index contributed by atoms with van der Waals surface area (Å²) in [6.07, 6.45) is -0.631. The summed E-state index contributed by atoms with van der Waals surface area (Å²) >= 11 is 0. The van der Waals surface area contributed by atoms with Gasteiger partial charge < -0.3 is 14.8 Å². The third-order valence-electron chi connectivity index (χ3n) is 4.76. The Morgan fingerprint density at radius 1 is 1.00 bits per heavy atom. The van der Waals surface area contributed by atoms with Gasteiger partial charge in [0.2, 0.25) is 5.91 Å². The molecule has 6 nitrogen and oxygen atoms in total. The van der Waals surface area contributed by atoms with E-state index in [1.54, 1.807) is 43.3 Å². The summed E-state index contributed by atoms with van der Waals surface area (Å²) < 4.78 is 11.4. The van der Waals surface area contributed by atoms with Gasteiger partial charge in [-0.3, -0.25) is 14.5 Å². The molecule has 0 bridgehead atoms. The van der Waals surface area contributed by atoms with E-state index in [2.05, 4.69) is 5.32 Å². The first-order valence-corrected chi connectivity index (χ1v) is 9.74. The molecule has 1 N–H and O–H groups in total. The fourth-order valence-electron chi connectivity index (χ4n) is 3.24. The minimum absolute atomic E-state index is 0.0875. The van der Waals surface area contributed by atoms with Crippen LogP contribution in [0.1, 0.15) is 12.5 Å². The Hall–Kier alpha value is -3.80. The maximum Gasteiger partial charge on any atom is 0.268 e. The predicted molar refractivity (Wildman–Crippen MR) is 115 cm³/mol. The molecule has 6 heteroatoms. The fourth-order valence-corrected chi connectivity index (χ4v) is 3.24. The highest BCUT2D eigenvalue weighted by atomic mass is 16.5. The lowest BCUT2D eigenvalue weighted by molar-refractivity contribution is -0.127. The van der Waals surface area contributed by atoms with Crippen molar-refractivity contribution >= 4 is 23.2 Å². The van der Waals surface area contributed by atoms with Gasteiger partial charge in [0.15, 0.2) is 6.10 Å². The van der Waals surface area contributed by atoms with Gasteiger partial charge in [0.1, 0.15) is 24.7 Å². The van der Waals surface area contributed by atoms with E-state index in [0.29, 0.717) is 29.5 Å². The maximum absolute atomic E-state index is 12.6. The molecule has 3 aromatic carbocycles. The molecule has 0 saturated heterocycles. The van der Waals surface area contributed by atoms with Gasteiger partial charge in [0.25, 0.3) is 5.91 Å². The number of nitrogens with zero attached hydrogens (tertiary/aromatic N) is 1. The van der Waals surface area contributed by atoms with Crippen molar-refractivity contribution in [1.29, 1.82) is 0 Å². The summed E-state index contributed by atoms with van der Waals surface area (Å²) in [6.45, 7) is 2.07. The quantitative estimate of drug-likeness (QED) is 0.676. The molecule has 4 rings (SSSR count). The second-order valence-corrected chi connectivity index (χ2v) is 7.00. The van der Waals surface area contributed by atoms with Gasteiger partial charge in [-0.25, -0.2) is 0 Å². The smallest absolute Gasteiger partial charge is 0.268 e. The number of nitrogens with one attached hydrogen (secondary N) is 1. The summed E-state index contributed by atoms with van der Waals surface area (Å²) in [7, 11) is 0. The van der Waals surface area contributed by atoms with Gasteiger partial charge in [-0.05, 0) is 48.9 Å². The Morgan fingerprint density at radius 3 is 2.47 bits per heavy atom. The Balaban J connectivity index is 1.37. The van der Waals surface area contributed by atoms with Crippen molar-refractivity contribution in [2.75, 3.05) is 16.8 Å². The number of carbonyl (C=O) groups excluding carboxylic acids is 2. The minimum atomic E-state index is -0.631. The van der Waals surface area contributed by atoms with E-state index in [9.17, 15) is 9.59 Å². The number of rotatable bonds is 6. The summed E-state index contributed by atoms with van der Waals surface area (Å²) in [5.74, 6) is 0.777. The maximum atomic E-state index is 12.6. The first-order chi connectivity index (χ1) is 14.6. The van der Waals surface area contributed by atoms with E-state index in [0.717, 1.165) is 5.56 Å². The number of para-hydroxylation sites is 2. The van der Waals surface area contributed by atoms with Crippen LogP contribution in [0, 0.1) is 0 Å². The number of anilines is 2. The summed E-state index contributed by atoms with van der Waals surface area (Å²) in [5.41, 5.74) is 2.31. The number of carbonyl (C=O) groups is 2. The molecular weight excluding hydrogens is 380 g/mol. The molecule has 152 valence electrons. The lowest BCUT2D eigenvalue weighted by atomic mass is 10.2. The zero-order valence-electron chi connectivity index (χ0n) is 16.6. The summed E-state index contributed by atoms with van der Waals surface area (Å²) in [5, 5.41) is 2.83.